The fourth-order valence-electron chi connectivity index (χ4n) is 0.621. The first-order valence-corrected chi connectivity index (χ1v) is 3.64. The average molecular weight is 165 g/mol. The molecule has 2 atom stereocenters. The van der Waals surface area contributed by atoms with Crippen LogP contribution in [0.1, 0.15) is 6.92 Å². The number of ether oxygens (including phenoxy) is 1. The molecule has 0 unspecified atom stereocenters. The summed E-state index contributed by atoms with van der Waals surface area (Å²) in [5.74, 6) is 0.777. The molecule has 0 spiro atoms. The third-order valence-electron chi connectivity index (χ3n) is 1.36. The van der Waals surface area contributed by atoms with Gasteiger partial charge in [0.15, 0.2) is 0 Å². The number of rotatable bonds is 1. The molecule has 7 heavy (non-hydrogen) atoms. The molecule has 0 amide bonds. The maximum absolute atomic E-state index is 5.15. The molecular weight excluding hydrogens is 156 g/mol. The molecule has 0 N–H and O–H groups in total. The second-order valence-corrected chi connectivity index (χ2v) is 2.65. The van der Waals surface area contributed by atoms with E-state index in [0.29, 0.717) is 6.10 Å². The molecule has 0 aliphatic carbocycles. The topological polar surface area (TPSA) is 9.23 Å². The predicted octanol–water partition coefficient (Wildman–Crippen LogP) is 1.42. The Bertz CT molecular complexity index is 63.1. The number of halogens is 1. The summed E-state index contributed by atoms with van der Waals surface area (Å²) in [7, 11) is 0. The van der Waals surface area contributed by atoms with Gasteiger partial charge in [-0.1, -0.05) is 22.9 Å². The zero-order valence-corrected chi connectivity index (χ0v) is 5.94. The summed E-state index contributed by atoms with van der Waals surface area (Å²) >= 11 is 3.34. The summed E-state index contributed by atoms with van der Waals surface area (Å²) in [6.07, 6.45) is 0.500. The Morgan fingerprint density at radius 1 is 1.86 bits per heavy atom. The third-order valence-corrected chi connectivity index (χ3v) is 2.00. The number of alkyl halides is 1. The first-order chi connectivity index (χ1) is 3.34. The molecule has 1 aliphatic heterocycles. The summed E-state index contributed by atoms with van der Waals surface area (Å²) in [4.78, 5) is 0. The van der Waals surface area contributed by atoms with Crippen molar-refractivity contribution in [3.63, 3.8) is 0 Å². The van der Waals surface area contributed by atoms with Crippen molar-refractivity contribution in [3.05, 3.63) is 0 Å². The highest BCUT2D eigenvalue weighted by molar-refractivity contribution is 9.09. The lowest BCUT2D eigenvalue weighted by atomic mass is 10.0. The van der Waals surface area contributed by atoms with Gasteiger partial charge < -0.3 is 4.74 Å². The second-order valence-electron chi connectivity index (χ2n) is 2.00. The third kappa shape index (κ3) is 0.970. The standard InChI is InChI=1S/C5H9BrO/c1-4-3-7-5(4)2-6/h4-5H,2-3H2,1H3/t4-,5+/m0/s1. The molecule has 0 bridgehead atoms. The molecule has 0 aromatic heterocycles. The molecule has 1 rings (SSSR count). The van der Waals surface area contributed by atoms with Crippen LogP contribution < -0.4 is 0 Å². The summed E-state index contributed by atoms with van der Waals surface area (Å²) < 4.78 is 5.15. The van der Waals surface area contributed by atoms with E-state index in [1.807, 2.05) is 0 Å². The maximum Gasteiger partial charge on any atom is 0.0719 e. The summed E-state index contributed by atoms with van der Waals surface area (Å²) in [5.41, 5.74) is 0. The van der Waals surface area contributed by atoms with Gasteiger partial charge in [-0.25, -0.2) is 0 Å². The summed E-state index contributed by atoms with van der Waals surface area (Å²) in [6.45, 7) is 3.16. The molecule has 2 heteroatoms. The minimum absolute atomic E-state index is 0.500. The molecule has 0 saturated carbocycles. The van der Waals surface area contributed by atoms with E-state index < -0.39 is 0 Å². The Morgan fingerprint density at radius 3 is 2.57 bits per heavy atom. The van der Waals surface area contributed by atoms with E-state index in [-0.39, 0.29) is 0 Å². The van der Waals surface area contributed by atoms with Crippen molar-refractivity contribution >= 4 is 15.9 Å². The highest BCUT2D eigenvalue weighted by Gasteiger charge is 2.25. The molecule has 1 nitrogen and oxygen atoms in total. The van der Waals surface area contributed by atoms with Crippen LogP contribution in [0.4, 0.5) is 0 Å². The Hall–Kier alpha value is 0.440. The van der Waals surface area contributed by atoms with Crippen molar-refractivity contribution < 1.29 is 4.74 Å². The van der Waals surface area contributed by atoms with E-state index in [1.54, 1.807) is 0 Å². The molecular formula is C5H9BrO. The van der Waals surface area contributed by atoms with Crippen LogP contribution in [0.25, 0.3) is 0 Å². The van der Waals surface area contributed by atoms with E-state index in [9.17, 15) is 0 Å². The first-order valence-electron chi connectivity index (χ1n) is 2.52. The van der Waals surface area contributed by atoms with Gasteiger partial charge in [0, 0.05) is 11.2 Å². The maximum atomic E-state index is 5.15. The van der Waals surface area contributed by atoms with E-state index in [2.05, 4.69) is 22.9 Å². The van der Waals surface area contributed by atoms with Gasteiger partial charge in [-0.15, -0.1) is 0 Å². The van der Waals surface area contributed by atoms with Crippen molar-refractivity contribution in [1.29, 1.82) is 0 Å². The molecule has 1 fully saturated rings. The normalized spacial score (nSPS) is 40.3. The van der Waals surface area contributed by atoms with Crippen LogP contribution >= 0.6 is 15.9 Å². The van der Waals surface area contributed by atoms with Crippen LogP contribution in [0.2, 0.25) is 0 Å². The van der Waals surface area contributed by atoms with Gasteiger partial charge in [0.05, 0.1) is 12.7 Å². The second kappa shape index (κ2) is 2.14. The van der Waals surface area contributed by atoms with Gasteiger partial charge in [0.2, 0.25) is 0 Å². The van der Waals surface area contributed by atoms with Gasteiger partial charge in [0.1, 0.15) is 0 Å². The van der Waals surface area contributed by atoms with Gasteiger partial charge in [-0.3, -0.25) is 0 Å². The van der Waals surface area contributed by atoms with Gasteiger partial charge in [-0.05, 0) is 0 Å². The lowest BCUT2D eigenvalue weighted by Crippen LogP contribution is -2.38. The Morgan fingerprint density at radius 2 is 2.57 bits per heavy atom. The summed E-state index contributed by atoms with van der Waals surface area (Å²) in [6, 6.07) is 0. The van der Waals surface area contributed by atoms with E-state index >= 15 is 0 Å². The fourth-order valence-corrected chi connectivity index (χ4v) is 1.45. The minimum atomic E-state index is 0.500. The van der Waals surface area contributed by atoms with Crippen LogP contribution in [-0.4, -0.2) is 18.0 Å². The van der Waals surface area contributed by atoms with Crippen LogP contribution in [0.15, 0.2) is 0 Å². The van der Waals surface area contributed by atoms with Crippen molar-refractivity contribution in [3.8, 4) is 0 Å². The Kier molecular flexibility index (Phi) is 1.70. The van der Waals surface area contributed by atoms with Crippen molar-refractivity contribution in [2.75, 3.05) is 11.9 Å². The smallest absolute Gasteiger partial charge is 0.0719 e. The van der Waals surface area contributed by atoms with Crippen LogP contribution in [-0.2, 0) is 4.74 Å². The Balaban J connectivity index is 2.16. The Labute approximate surface area is 52.2 Å². The summed E-state index contributed by atoms with van der Waals surface area (Å²) in [5, 5.41) is 0.994. The fraction of sp³-hybridized carbons (Fsp3) is 1.00. The van der Waals surface area contributed by atoms with Crippen molar-refractivity contribution in [2.24, 2.45) is 5.92 Å². The number of hydrogen-bond acceptors (Lipinski definition) is 1. The molecule has 1 heterocycles. The zero-order valence-electron chi connectivity index (χ0n) is 4.36. The van der Waals surface area contributed by atoms with Crippen LogP contribution in [0.3, 0.4) is 0 Å². The van der Waals surface area contributed by atoms with Gasteiger partial charge >= 0.3 is 0 Å². The van der Waals surface area contributed by atoms with Crippen LogP contribution in [0, 0.1) is 5.92 Å². The molecule has 0 radical (unpaired) electrons. The van der Waals surface area contributed by atoms with Gasteiger partial charge in [-0.2, -0.15) is 0 Å². The minimum Gasteiger partial charge on any atom is -0.377 e. The predicted molar refractivity (Wildman–Crippen MR) is 32.7 cm³/mol. The van der Waals surface area contributed by atoms with Gasteiger partial charge in [0.25, 0.3) is 0 Å². The average Bonchev–Trinajstić information content (AvgIpc) is 1.65. The molecule has 0 aromatic carbocycles. The molecule has 42 valence electrons. The largest absolute Gasteiger partial charge is 0.377 e. The monoisotopic (exact) mass is 164 g/mol. The van der Waals surface area contributed by atoms with Crippen molar-refractivity contribution in [1.82, 2.24) is 0 Å². The molecule has 1 aliphatic rings. The molecule has 1 saturated heterocycles. The van der Waals surface area contributed by atoms with E-state index in [1.165, 1.54) is 0 Å². The highest BCUT2D eigenvalue weighted by atomic mass is 79.9. The van der Waals surface area contributed by atoms with E-state index in [4.69, 9.17) is 4.74 Å². The molecule has 0 aromatic rings. The van der Waals surface area contributed by atoms with E-state index in [0.717, 1.165) is 17.9 Å². The first kappa shape index (κ1) is 5.57. The van der Waals surface area contributed by atoms with Crippen molar-refractivity contribution in [2.45, 2.75) is 13.0 Å². The highest BCUT2D eigenvalue weighted by Crippen LogP contribution is 2.20. The number of hydrogen-bond donors (Lipinski definition) is 0. The van der Waals surface area contributed by atoms with Crippen LogP contribution in [0.5, 0.6) is 0 Å². The SMILES string of the molecule is C[C@H]1CO[C@@H]1CBr. The zero-order chi connectivity index (χ0) is 5.28. The lowest BCUT2D eigenvalue weighted by Gasteiger charge is -2.32. The lowest BCUT2D eigenvalue weighted by molar-refractivity contribution is -0.0900. The quantitative estimate of drug-likeness (QED) is 0.534.